The fourth-order valence-electron chi connectivity index (χ4n) is 4.79. The lowest BCUT2D eigenvalue weighted by molar-refractivity contribution is -0.112. The summed E-state index contributed by atoms with van der Waals surface area (Å²) in [4.78, 5) is 25.4. The Kier molecular flexibility index (Phi) is 5.36. The molecule has 0 aliphatic carbocycles. The largest absolute Gasteiger partial charge is 0.371 e. The zero-order chi connectivity index (χ0) is 21.4. The van der Waals surface area contributed by atoms with Crippen LogP contribution < -0.4 is 4.90 Å². The smallest absolute Gasteiger partial charge is 0.243 e. The monoisotopic (exact) mass is 422 g/mol. The molecule has 2 unspecified atom stereocenters. The number of carbonyl (C=O) groups is 1. The van der Waals surface area contributed by atoms with Gasteiger partial charge in [0.25, 0.3) is 0 Å². The first-order valence-electron chi connectivity index (χ1n) is 10.7. The average molecular weight is 422 g/mol. The van der Waals surface area contributed by atoms with Gasteiger partial charge in [0.15, 0.2) is 0 Å². The molecule has 1 aromatic carbocycles. The molecule has 0 amide bonds. The number of aromatic nitrogens is 2. The van der Waals surface area contributed by atoms with Gasteiger partial charge >= 0.3 is 0 Å². The molecule has 2 aliphatic heterocycles. The third-order valence-corrected chi connectivity index (χ3v) is 6.45. The molecule has 0 bridgehead atoms. The number of pyridine rings is 2. The van der Waals surface area contributed by atoms with Crippen molar-refractivity contribution in [2.45, 2.75) is 31.9 Å². The fourth-order valence-corrected chi connectivity index (χ4v) is 4.79. The summed E-state index contributed by atoms with van der Waals surface area (Å²) >= 11 is 0. The highest BCUT2D eigenvalue weighted by atomic mass is 19.3. The normalized spacial score (nSPS) is 21.2. The standard InChI is InChI=1S/C24H24F2N4O/c25-24(26)17-8-11-29(13-17)21-7-10-27-20-14-30(22(15-31)23(20)21)12-9-18-6-5-16-3-1-2-4-19(16)28-18/h1-7,10,15,17,22,24H,8-9,11-14H2. The molecule has 4 heterocycles. The van der Waals surface area contributed by atoms with Crippen molar-refractivity contribution >= 4 is 22.9 Å². The van der Waals surface area contributed by atoms with Crippen LogP contribution in [-0.2, 0) is 17.8 Å². The lowest BCUT2D eigenvalue weighted by Gasteiger charge is -2.25. The van der Waals surface area contributed by atoms with Gasteiger partial charge in [-0.05, 0) is 24.6 Å². The van der Waals surface area contributed by atoms with E-state index in [1.54, 1.807) is 6.20 Å². The molecule has 1 fully saturated rings. The number of aldehydes is 1. The van der Waals surface area contributed by atoms with Gasteiger partial charge in [-0.25, -0.2) is 8.78 Å². The summed E-state index contributed by atoms with van der Waals surface area (Å²) in [6.07, 6.45) is 1.55. The molecule has 2 aromatic heterocycles. The Labute approximate surface area is 179 Å². The molecule has 31 heavy (non-hydrogen) atoms. The van der Waals surface area contributed by atoms with Crippen molar-refractivity contribution in [3.63, 3.8) is 0 Å². The Morgan fingerprint density at radius 3 is 2.84 bits per heavy atom. The highest BCUT2D eigenvalue weighted by Crippen LogP contribution is 2.40. The van der Waals surface area contributed by atoms with Crippen LogP contribution in [0.2, 0.25) is 0 Å². The number of benzene rings is 1. The van der Waals surface area contributed by atoms with Gasteiger partial charge < -0.3 is 9.69 Å². The molecule has 7 heteroatoms. The van der Waals surface area contributed by atoms with Crippen LogP contribution in [0, 0.1) is 5.92 Å². The molecule has 2 atom stereocenters. The number of alkyl halides is 2. The second-order valence-electron chi connectivity index (χ2n) is 8.32. The highest BCUT2D eigenvalue weighted by molar-refractivity contribution is 5.78. The maximum atomic E-state index is 13.2. The summed E-state index contributed by atoms with van der Waals surface area (Å²) in [7, 11) is 0. The minimum atomic E-state index is -2.31. The molecule has 0 saturated carbocycles. The minimum Gasteiger partial charge on any atom is -0.371 e. The van der Waals surface area contributed by atoms with Crippen LogP contribution in [0.3, 0.4) is 0 Å². The van der Waals surface area contributed by atoms with Crippen molar-refractivity contribution < 1.29 is 13.6 Å². The third-order valence-electron chi connectivity index (χ3n) is 6.45. The quantitative estimate of drug-likeness (QED) is 0.562. The first kappa shape index (κ1) is 20.0. The molecular formula is C24H24F2N4O. The van der Waals surface area contributed by atoms with E-state index < -0.39 is 18.4 Å². The van der Waals surface area contributed by atoms with Gasteiger partial charge in [-0.15, -0.1) is 0 Å². The van der Waals surface area contributed by atoms with Crippen molar-refractivity contribution in [2.24, 2.45) is 5.92 Å². The number of rotatable bonds is 6. The van der Waals surface area contributed by atoms with E-state index in [0.717, 1.165) is 46.2 Å². The molecular weight excluding hydrogens is 398 g/mol. The van der Waals surface area contributed by atoms with Gasteiger partial charge in [0.2, 0.25) is 6.43 Å². The topological polar surface area (TPSA) is 49.3 Å². The second-order valence-corrected chi connectivity index (χ2v) is 8.32. The van der Waals surface area contributed by atoms with Crippen LogP contribution in [0.25, 0.3) is 10.9 Å². The van der Waals surface area contributed by atoms with Crippen molar-refractivity contribution in [1.82, 2.24) is 14.9 Å². The number of hydrogen-bond acceptors (Lipinski definition) is 5. The lowest BCUT2D eigenvalue weighted by atomic mass is 10.1. The second kappa shape index (κ2) is 8.30. The zero-order valence-electron chi connectivity index (χ0n) is 17.1. The molecule has 160 valence electrons. The number of carbonyl (C=O) groups excluding carboxylic acids is 1. The number of halogens is 2. The summed E-state index contributed by atoms with van der Waals surface area (Å²) in [6.45, 7) is 2.15. The van der Waals surface area contributed by atoms with Gasteiger partial charge in [-0.1, -0.05) is 24.3 Å². The number of hydrogen-bond donors (Lipinski definition) is 0. The molecule has 0 N–H and O–H groups in total. The van der Waals surface area contributed by atoms with Crippen LogP contribution in [0.4, 0.5) is 14.5 Å². The Morgan fingerprint density at radius 2 is 2.03 bits per heavy atom. The van der Waals surface area contributed by atoms with Gasteiger partial charge in [-0.2, -0.15) is 0 Å². The number of para-hydroxylation sites is 1. The van der Waals surface area contributed by atoms with Crippen molar-refractivity contribution in [2.75, 3.05) is 24.5 Å². The van der Waals surface area contributed by atoms with Crippen molar-refractivity contribution in [3.8, 4) is 0 Å². The molecule has 5 rings (SSSR count). The summed E-state index contributed by atoms with van der Waals surface area (Å²) in [5.74, 6) is -0.616. The zero-order valence-corrected chi connectivity index (χ0v) is 17.1. The summed E-state index contributed by atoms with van der Waals surface area (Å²) in [5, 5.41) is 1.10. The molecule has 0 radical (unpaired) electrons. The maximum absolute atomic E-state index is 13.2. The Hall–Kier alpha value is -2.93. The number of nitrogens with zero attached hydrogens (tertiary/aromatic N) is 4. The van der Waals surface area contributed by atoms with E-state index in [2.05, 4.69) is 16.0 Å². The average Bonchev–Trinajstić information content (AvgIpc) is 3.42. The highest BCUT2D eigenvalue weighted by Gasteiger charge is 2.37. The first-order valence-corrected chi connectivity index (χ1v) is 10.7. The summed E-state index contributed by atoms with van der Waals surface area (Å²) < 4.78 is 26.3. The van der Waals surface area contributed by atoms with E-state index in [0.29, 0.717) is 32.6 Å². The van der Waals surface area contributed by atoms with E-state index in [1.165, 1.54) is 0 Å². The van der Waals surface area contributed by atoms with E-state index in [1.807, 2.05) is 41.3 Å². The van der Waals surface area contributed by atoms with Crippen LogP contribution in [0.5, 0.6) is 0 Å². The van der Waals surface area contributed by atoms with Crippen molar-refractivity contribution in [3.05, 3.63) is 65.6 Å². The van der Waals surface area contributed by atoms with Crippen LogP contribution in [0.15, 0.2) is 48.7 Å². The predicted molar refractivity (Wildman–Crippen MR) is 115 cm³/mol. The van der Waals surface area contributed by atoms with Crippen molar-refractivity contribution in [1.29, 1.82) is 0 Å². The third kappa shape index (κ3) is 3.78. The Morgan fingerprint density at radius 1 is 1.16 bits per heavy atom. The molecule has 1 saturated heterocycles. The van der Waals surface area contributed by atoms with E-state index >= 15 is 0 Å². The summed E-state index contributed by atoms with van der Waals surface area (Å²) in [5.41, 5.74) is 4.55. The maximum Gasteiger partial charge on any atom is 0.243 e. The van der Waals surface area contributed by atoms with Crippen LogP contribution in [0.1, 0.15) is 29.4 Å². The number of anilines is 1. The SMILES string of the molecule is O=CC1c2c(N3CCC(C(F)F)C3)ccnc2CN1CCc1ccc2ccccc2n1. The van der Waals surface area contributed by atoms with Gasteiger partial charge in [0.1, 0.15) is 6.29 Å². The first-order chi connectivity index (χ1) is 15.1. The summed E-state index contributed by atoms with van der Waals surface area (Å²) in [6, 6.07) is 13.5. The van der Waals surface area contributed by atoms with Crippen LogP contribution in [-0.4, -0.2) is 47.2 Å². The van der Waals surface area contributed by atoms with E-state index in [4.69, 9.17) is 4.98 Å². The van der Waals surface area contributed by atoms with Gasteiger partial charge in [-0.3, -0.25) is 14.9 Å². The van der Waals surface area contributed by atoms with Gasteiger partial charge in [0, 0.05) is 67.0 Å². The van der Waals surface area contributed by atoms with E-state index in [9.17, 15) is 13.6 Å². The molecule has 5 nitrogen and oxygen atoms in total. The Balaban J connectivity index is 1.34. The number of fused-ring (bicyclic) bond motifs is 2. The molecule has 0 spiro atoms. The molecule has 3 aromatic rings. The van der Waals surface area contributed by atoms with E-state index in [-0.39, 0.29) is 0 Å². The lowest BCUT2D eigenvalue weighted by Crippen LogP contribution is -2.27. The van der Waals surface area contributed by atoms with Gasteiger partial charge in [0.05, 0.1) is 17.3 Å². The minimum absolute atomic E-state index is 0.320. The fraction of sp³-hybridized carbons (Fsp3) is 0.375. The van der Waals surface area contributed by atoms with Crippen LogP contribution >= 0.6 is 0 Å². The Bertz CT molecular complexity index is 1110. The molecule has 2 aliphatic rings. The predicted octanol–water partition coefficient (Wildman–Crippen LogP) is 4.02.